The molecule has 0 heterocycles. The number of hydrogen-bond donors (Lipinski definition) is 0. The smallest absolute Gasteiger partial charge is 0 e. The van der Waals surface area contributed by atoms with Crippen molar-refractivity contribution in [2.45, 2.75) is 0 Å². The van der Waals surface area contributed by atoms with Crippen LogP contribution in [0.1, 0.15) is 0 Å². The largest absolute Gasteiger partial charge is 0 e. The summed E-state index contributed by atoms with van der Waals surface area (Å²) in [4.78, 5) is 0. The summed E-state index contributed by atoms with van der Waals surface area (Å²) in [6.07, 6.45) is 0. The van der Waals surface area contributed by atoms with Crippen molar-refractivity contribution < 1.29 is 96.6 Å². The van der Waals surface area contributed by atoms with Crippen LogP contribution in [0.25, 0.3) is 0 Å². The second-order valence-corrected chi connectivity index (χ2v) is 0. The molecule has 110 valence electrons. The van der Waals surface area contributed by atoms with Gasteiger partial charge in [0, 0.05) is 26.2 Å². The van der Waals surface area contributed by atoms with Gasteiger partial charge in [-0.3, -0.25) is 4.70 Å². The van der Waals surface area contributed by atoms with Gasteiger partial charge >= 0.3 is 29.6 Å². The van der Waals surface area contributed by atoms with Gasteiger partial charge in [0.15, 0.2) is 0 Å². The minimum absolute atomic E-state index is 0. The van der Waals surface area contributed by atoms with Crippen LogP contribution in [0.2, 0.25) is 0 Å². The van der Waals surface area contributed by atoms with Crippen LogP contribution in [0, 0.1) is 0 Å². The summed E-state index contributed by atoms with van der Waals surface area (Å²) in [7, 11) is 0. The monoisotopic (exact) mass is 350 g/mol. The van der Waals surface area contributed by atoms with Crippen LogP contribution >= 0.6 is 0 Å². The maximum absolute atomic E-state index is 0. The first kappa shape index (κ1) is 2160. The molecule has 24 N–H and O–H groups in total. The molecule has 0 aromatic rings. The molecular weight excluding hydrogens is 325 g/mol. The summed E-state index contributed by atoms with van der Waals surface area (Å²) >= 11 is 0. The van der Waals surface area contributed by atoms with Crippen LogP contribution in [0.15, 0.2) is 0 Å². The molecule has 0 atom stereocenters. The van der Waals surface area contributed by atoms with Gasteiger partial charge in [0.05, 0.1) is 0 Å². The molecule has 0 aliphatic heterocycles. The molecule has 0 amide bonds. The molecule has 15 heteroatoms. The van der Waals surface area contributed by atoms with E-state index in [-0.39, 0.29) is 126 Å². The summed E-state index contributed by atoms with van der Waals surface area (Å²) < 4.78 is 0. The van der Waals surface area contributed by atoms with Gasteiger partial charge in [-0.25, -0.2) is 0 Å². The van der Waals surface area contributed by atoms with Crippen molar-refractivity contribution in [2.24, 2.45) is 0 Å². The van der Waals surface area contributed by atoms with Crippen LogP contribution < -0.4 is 0 Å². The van der Waals surface area contributed by atoms with E-state index in [1.165, 1.54) is 0 Å². The molecule has 0 fully saturated rings. The standard InChI is InChI=1S/FH.Na.12H2O.Zr.H/h1H;;12*1H2;;. The van der Waals surface area contributed by atoms with E-state index >= 15 is 0 Å². The van der Waals surface area contributed by atoms with E-state index in [2.05, 4.69) is 0 Å². The summed E-state index contributed by atoms with van der Waals surface area (Å²) in [5.74, 6) is 0. The van der Waals surface area contributed by atoms with E-state index < -0.39 is 0 Å². The fourth-order valence-corrected chi connectivity index (χ4v) is 0. The predicted octanol–water partition coefficient (Wildman–Crippen LogP) is -10.4. The van der Waals surface area contributed by atoms with Crippen LogP contribution in [0.5, 0.6) is 0 Å². The molecule has 15 heavy (non-hydrogen) atoms. The molecule has 0 spiro atoms. The molecule has 0 saturated carbocycles. The average molecular weight is 351 g/mol. The van der Waals surface area contributed by atoms with Crippen molar-refractivity contribution in [3.63, 3.8) is 0 Å². The zero-order valence-electron chi connectivity index (χ0n) is 6.91. The first-order chi connectivity index (χ1) is 0. The summed E-state index contributed by atoms with van der Waals surface area (Å²) in [5, 5.41) is 0. The number of rotatable bonds is 0. The molecule has 0 saturated heterocycles. The van der Waals surface area contributed by atoms with E-state index in [4.69, 9.17) is 0 Å². The van der Waals surface area contributed by atoms with Gasteiger partial charge < -0.3 is 65.7 Å². The summed E-state index contributed by atoms with van der Waals surface area (Å²) in [6, 6.07) is 0. The van der Waals surface area contributed by atoms with E-state index in [0.29, 0.717) is 0 Å². The Labute approximate surface area is 126 Å². The third kappa shape index (κ3) is 1530. The SMILES string of the molecule is F.O.O.O.O.O.O.O.O.O.O.O.O.[NaH].[Zr]. The molecule has 0 aliphatic rings. The predicted molar refractivity (Wildman–Crippen MR) is 53.0 cm³/mol. The normalized spacial score (nSPS) is 0. The van der Waals surface area contributed by atoms with Gasteiger partial charge in [-0.1, -0.05) is 0 Å². The Kier molecular flexibility index (Phi) is 255000. The second kappa shape index (κ2) is 1770. The first-order valence-electron chi connectivity index (χ1n) is 0. The third-order valence-corrected chi connectivity index (χ3v) is 0. The maximum atomic E-state index is 0. The molecule has 0 radical (unpaired) electrons. The Morgan fingerprint density at radius 1 is 0.267 bits per heavy atom. The minimum Gasteiger partial charge on any atom is 0 e. The van der Waals surface area contributed by atoms with Crippen LogP contribution in [-0.4, -0.2) is 95.3 Å². The van der Waals surface area contributed by atoms with Gasteiger partial charge in [0.25, 0.3) is 0 Å². The van der Waals surface area contributed by atoms with Crippen LogP contribution in [-0.2, 0) is 26.2 Å². The Balaban J connectivity index is 0. The van der Waals surface area contributed by atoms with Crippen molar-refractivity contribution in [1.82, 2.24) is 0 Å². The second-order valence-electron chi connectivity index (χ2n) is 0. The zero-order valence-corrected chi connectivity index (χ0v) is 9.37. The van der Waals surface area contributed by atoms with Crippen molar-refractivity contribution in [3.05, 3.63) is 0 Å². The fraction of sp³-hybridized carbons (Fsp3) is 0. The summed E-state index contributed by atoms with van der Waals surface area (Å²) in [5.41, 5.74) is 0. The van der Waals surface area contributed by atoms with Gasteiger partial charge in [-0.15, -0.1) is 0 Å². The molecular formula is H26FNaO12Zr. The molecule has 0 rings (SSSR count). The van der Waals surface area contributed by atoms with Gasteiger partial charge in [0.2, 0.25) is 0 Å². The Bertz CT molecular complexity index is 15.6. The molecule has 0 aliphatic carbocycles. The Morgan fingerprint density at radius 2 is 0.267 bits per heavy atom. The Hall–Kier alpha value is 1.33. The summed E-state index contributed by atoms with van der Waals surface area (Å²) in [6.45, 7) is 0. The molecule has 0 bridgehead atoms. The number of halogens is 1. The fourth-order valence-electron chi connectivity index (χ4n) is 0. The topological polar surface area (TPSA) is 378 Å². The molecule has 0 aromatic carbocycles. The molecule has 0 unspecified atom stereocenters. The van der Waals surface area contributed by atoms with Crippen molar-refractivity contribution in [3.8, 4) is 0 Å². The third-order valence-electron chi connectivity index (χ3n) is 0. The molecule has 0 aromatic heterocycles. The van der Waals surface area contributed by atoms with Crippen LogP contribution in [0.4, 0.5) is 4.70 Å². The molecule has 12 nitrogen and oxygen atoms in total. The van der Waals surface area contributed by atoms with Gasteiger partial charge in [-0.05, 0) is 0 Å². The quantitative estimate of drug-likeness (QED) is 0.366. The van der Waals surface area contributed by atoms with E-state index in [1.54, 1.807) is 0 Å². The van der Waals surface area contributed by atoms with E-state index in [1.807, 2.05) is 0 Å². The minimum atomic E-state index is 0. The van der Waals surface area contributed by atoms with Crippen molar-refractivity contribution in [2.75, 3.05) is 0 Å². The van der Waals surface area contributed by atoms with E-state index in [0.717, 1.165) is 0 Å². The number of hydrogen-bond acceptors (Lipinski definition) is 0. The van der Waals surface area contributed by atoms with Crippen molar-refractivity contribution >= 4 is 29.6 Å². The van der Waals surface area contributed by atoms with Gasteiger partial charge in [0.1, 0.15) is 0 Å². The van der Waals surface area contributed by atoms with Crippen LogP contribution in [0.3, 0.4) is 0 Å². The van der Waals surface area contributed by atoms with Gasteiger partial charge in [-0.2, -0.15) is 0 Å². The van der Waals surface area contributed by atoms with E-state index in [9.17, 15) is 0 Å². The first-order valence-corrected chi connectivity index (χ1v) is 0. The van der Waals surface area contributed by atoms with Crippen molar-refractivity contribution in [1.29, 1.82) is 0 Å². The maximum Gasteiger partial charge on any atom is 0 e. The zero-order chi connectivity index (χ0) is 0. The average Bonchev–Trinajstić information content (AvgIpc) is 0. The Morgan fingerprint density at radius 3 is 0.267 bits per heavy atom.